The number of urea groups is 1. The summed E-state index contributed by atoms with van der Waals surface area (Å²) < 4.78 is 11.6. The van der Waals surface area contributed by atoms with Crippen LogP contribution in [0.5, 0.6) is 11.5 Å². The molecule has 27 heavy (non-hydrogen) atoms. The Morgan fingerprint density at radius 3 is 2.52 bits per heavy atom. The lowest BCUT2D eigenvalue weighted by Crippen LogP contribution is -2.47. The second-order valence-electron chi connectivity index (χ2n) is 6.10. The molecular formula is C20H23N3O4. The Morgan fingerprint density at radius 2 is 1.78 bits per heavy atom. The molecule has 0 aromatic heterocycles. The minimum Gasteiger partial charge on any atom is -0.486 e. The van der Waals surface area contributed by atoms with Crippen molar-refractivity contribution in [3.05, 3.63) is 60.2 Å². The number of imide groups is 1. The van der Waals surface area contributed by atoms with Crippen molar-refractivity contribution in [1.82, 2.24) is 16.0 Å². The third-order valence-corrected chi connectivity index (χ3v) is 4.09. The van der Waals surface area contributed by atoms with Crippen molar-refractivity contribution in [2.75, 3.05) is 19.7 Å². The topological polar surface area (TPSA) is 88.7 Å². The molecular weight excluding hydrogens is 346 g/mol. The van der Waals surface area contributed by atoms with Crippen LogP contribution in [-0.2, 0) is 4.79 Å². The quantitative estimate of drug-likeness (QED) is 0.725. The van der Waals surface area contributed by atoms with Gasteiger partial charge in [-0.1, -0.05) is 42.5 Å². The predicted molar refractivity (Wildman–Crippen MR) is 101 cm³/mol. The maximum Gasteiger partial charge on any atom is 0.321 e. The number of ether oxygens (including phenoxy) is 2. The first kappa shape index (κ1) is 18.7. The molecule has 0 aliphatic carbocycles. The average molecular weight is 369 g/mol. The van der Waals surface area contributed by atoms with Crippen LogP contribution in [0.15, 0.2) is 54.6 Å². The molecule has 0 bridgehead atoms. The minimum absolute atomic E-state index is 0.247. The zero-order chi connectivity index (χ0) is 19.1. The molecule has 0 saturated heterocycles. The summed E-state index contributed by atoms with van der Waals surface area (Å²) in [4.78, 5) is 24.3. The maximum absolute atomic E-state index is 12.6. The lowest BCUT2D eigenvalue weighted by atomic mass is 10.1. The highest BCUT2D eigenvalue weighted by Crippen LogP contribution is 2.30. The van der Waals surface area contributed by atoms with Crippen molar-refractivity contribution in [3.8, 4) is 11.5 Å². The molecule has 3 N–H and O–H groups in total. The first-order chi connectivity index (χ1) is 13.2. The SMILES string of the molecule is CCNC(=O)NC(=O)[C@@H](NC[C@@H]1COc2ccccc2O1)c1ccccc1. The van der Waals surface area contributed by atoms with E-state index in [-0.39, 0.29) is 6.10 Å². The molecule has 3 rings (SSSR count). The van der Waals surface area contributed by atoms with Crippen LogP contribution in [0, 0.1) is 0 Å². The molecule has 0 radical (unpaired) electrons. The van der Waals surface area contributed by atoms with Gasteiger partial charge in [0.15, 0.2) is 11.5 Å². The number of carbonyl (C=O) groups excluding carboxylic acids is 2. The van der Waals surface area contributed by atoms with Crippen molar-refractivity contribution < 1.29 is 19.1 Å². The van der Waals surface area contributed by atoms with Crippen molar-refractivity contribution >= 4 is 11.9 Å². The molecule has 2 aromatic carbocycles. The van der Waals surface area contributed by atoms with Crippen LogP contribution in [0.4, 0.5) is 4.79 Å². The van der Waals surface area contributed by atoms with Gasteiger partial charge in [-0.25, -0.2) is 4.79 Å². The molecule has 0 fully saturated rings. The van der Waals surface area contributed by atoms with Crippen molar-refractivity contribution in [2.45, 2.75) is 19.1 Å². The summed E-state index contributed by atoms with van der Waals surface area (Å²) in [5.74, 6) is 0.963. The molecule has 1 aliphatic heterocycles. The Hall–Kier alpha value is -3.06. The summed E-state index contributed by atoms with van der Waals surface area (Å²) in [6, 6.07) is 15.5. The zero-order valence-corrected chi connectivity index (χ0v) is 15.1. The standard InChI is InChI=1S/C20H23N3O4/c1-2-21-20(25)23-19(24)18(14-8-4-3-5-9-14)22-12-15-13-26-16-10-6-7-11-17(16)27-15/h3-11,15,18,22H,2,12-13H2,1H3,(H2,21,23,24,25)/t15-,18+/m1/s1. The highest BCUT2D eigenvalue weighted by atomic mass is 16.6. The van der Waals surface area contributed by atoms with E-state index in [1.165, 1.54) is 0 Å². The first-order valence-corrected chi connectivity index (χ1v) is 8.93. The van der Waals surface area contributed by atoms with Gasteiger partial charge in [0.05, 0.1) is 0 Å². The lowest BCUT2D eigenvalue weighted by molar-refractivity contribution is -0.122. The molecule has 2 atom stereocenters. The highest BCUT2D eigenvalue weighted by molar-refractivity contribution is 5.97. The number of nitrogens with one attached hydrogen (secondary N) is 3. The maximum atomic E-state index is 12.6. The highest BCUT2D eigenvalue weighted by Gasteiger charge is 2.26. The Bertz CT molecular complexity index is 782. The van der Waals surface area contributed by atoms with Crippen LogP contribution in [0.2, 0.25) is 0 Å². The third kappa shape index (κ3) is 4.98. The van der Waals surface area contributed by atoms with E-state index in [2.05, 4.69) is 16.0 Å². The van der Waals surface area contributed by atoms with E-state index in [1.807, 2.05) is 54.6 Å². The second kappa shape index (κ2) is 9.05. The van der Waals surface area contributed by atoms with Crippen LogP contribution in [0.1, 0.15) is 18.5 Å². The normalized spacial score (nSPS) is 16.3. The largest absolute Gasteiger partial charge is 0.486 e. The fourth-order valence-corrected chi connectivity index (χ4v) is 2.81. The van der Waals surface area contributed by atoms with Crippen LogP contribution in [0.25, 0.3) is 0 Å². The van der Waals surface area contributed by atoms with Crippen molar-refractivity contribution in [3.63, 3.8) is 0 Å². The average Bonchev–Trinajstić information content (AvgIpc) is 2.69. The molecule has 7 heteroatoms. The Kier molecular flexibility index (Phi) is 6.27. The molecule has 7 nitrogen and oxygen atoms in total. The summed E-state index contributed by atoms with van der Waals surface area (Å²) in [5, 5.41) is 8.10. The van der Waals surface area contributed by atoms with E-state index in [4.69, 9.17) is 9.47 Å². The van der Waals surface area contributed by atoms with E-state index < -0.39 is 18.0 Å². The van der Waals surface area contributed by atoms with Gasteiger partial charge in [0.1, 0.15) is 18.8 Å². The predicted octanol–water partition coefficient (Wildman–Crippen LogP) is 2.00. The molecule has 1 aliphatic rings. The van der Waals surface area contributed by atoms with E-state index in [0.717, 1.165) is 5.56 Å². The zero-order valence-electron chi connectivity index (χ0n) is 15.1. The number of carbonyl (C=O) groups is 2. The summed E-state index contributed by atoms with van der Waals surface area (Å²) in [7, 11) is 0. The molecule has 0 saturated carbocycles. The van der Waals surface area contributed by atoms with Crippen molar-refractivity contribution in [1.29, 1.82) is 0 Å². The molecule has 3 amide bonds. The summed E-state index contributed by atoms with van der Waals surface area (Å²) in [6.07, 6.45) is -0.247. The van der Waals surface area contributed by atoms with E-state index in [1.54, 1.807) is 6.92 Å². The number of benzene rings is 2. The third-order valence-electron chi connectivity index (χ3n) is 4.09. The fraction of sp³-hybridized carbons (Fsp3) is 0.300. The molecule has 0 unspecified atom stereocenters. The molecule has 142 valence electrons. The molecule has 2 aromatic rings. The van der Waals surface area contributed by atoms with Gasteiger partial charge in [0.25, 0.3) is 0 Å². The smallest absolute Gasteiger partial charge is 0.321 e. The van der Waals surface area contributed by atoms with Gasteiger partial charge < -0.3 is 14.8 Å². The van der Waals surface area contributed by atoms with Crippen molar-refractivity contribution in [2.24, 2.45) is 0 Å². The second-order valence-corrected chi connectivity index (χ2v) is 6.10. The number of para-hydroxylation sites is 2. The van der Waals surface area contributed by atoms with Crippen LogP contribution in [-0.4, -0.2) is 37.7 Å². The first-order valence-electron chi connectivity index (χ1n) is 8.93. The van der Waals surface area contributed by atoms with Gasteiger partial charge in [-0.15, -0.1) is 0 Å². The molecule has 0 spiro atoms. The number of amides is 3. The number of hydrogen-bond acceptors (Lipinski definition) is 5. The van der Waals surface area contributed by atoms with Crippen LogP contribution in [0.3, 0.4) is 0 Å². The van der Waals surface area contributed by atoms with E-state index >= 15 is 0 Å². The number of hydrogen-bond donors (Lipinski definition) is 3. The Labute approximate surface area is 158 Å². The van der Waals surface area contributed by atoms with Gasteiger partial charge in [-0.2, -0.15) is 0 Å². The minimum atomic E-state index is -0.686. The Morgan fingerprint density at radius 1 is 1.07 bits per heavy atom. The van der Waals surface area contributed by atoms with E-state index in [9.17, 15) is 9.59 Å². The summed E-state index contributed by atoms with van der Waals surface area (Å²) in [6.45, 7) is 2.99. The molecule has 1 heterocycles. The van der Waals surface area contributed by atoms with Gasteiger partial charge in [0, 0.05) is 13.1 Å². The van der Waals surface area contributed by atoms with Gasteiger partial charge in [0.2, 0.25) is 5.91 Å². The van der Waals surface area contributed by atoms with Crippen LogP contribution >= 0.6 is 0 Å². The van der Waals surface area contributed by atoms with Gasteiger partial charge in [-0.05, 0) is 24.6 Å². The lowest BCUT2D eigenvalue weighted by Gasteiger charge is -2.28. The monoisotopic (exact) mass is 369 g/mol. The summed E-state index contributed by atoms with van der Waals surface area (Å²) in [5.41, 5.74) is 0.761. The number of rotatable bonds is 6. The fourth-order valence-electron chi connectivity index (χ4n) is 2.81. The van der Waals surface area contributed by atoms with Gasteiger partial charge >= 0.3 is 6.03 Å². The Balaban J connectivity index is 1.65. The summed E-state index contributed by atoms with van der Waals surface area (Å²) >= 11 is 0. The number of fused-ring (bicyclic) bond motifs is 1. The van der Waals surface area contributed by atoms with Gasteiger partial charge in [-0.3, -0.25) is 15.4 Å². The van der Waals surface area contributed by atoms with Crippen LogP contribution < -0.4 is 25.4 Å². The van der Waals surface area contributed by atoms with E-state index in [0.29, 0.717) is 31.2 Å².